The zero-order valence-corrected chi connectivity index (χ0v) is 25.8. The van der Waals surface area contributed by atoms with Crippen LogP contribution >= 0.6 is 0 Å². The van der Waals surface area contributed by atoms with E-state index >= 15 is 0 Å². The molecule has 10 nitrogen and oxygen atoms in total. The SMILES string of the molecule is C=CCCC(=O)OC[C@H](NC(=O)[C@@H]1[C@H]2C(=O)N(CCCCO)[C@H](C(=O)N(CC=C)CCCC)[C@]23CC[C@H]1O3)c1ccccc1. The molecule has 1 spiro atoms. The van der Waals surface area contributed by atoms with Crippen molar-refractivity contribution in [3.8, 4) is 0 Å². The zero-order chi connectivity index (χ0) is 31.7. The molecule has 4 rings (SSSR count). The normalized spacial score (nSPS) is 25.8. The van der Waals surface area contributed by atoms with E-state index in [1.165, 1.54) is 0 Å². The summed E-state index contributed by atoms with van der Waals surface area (Å²) in [5, 5.41) is 12.5. The second-order valence-electron chi connectivity index (χ2n) is 11.9. The Morgan fingerprint density at radius 1 is 1.20 bits per heavy atom. The fourth-order valence-electron chi connectivity index (χ4n) is 6.98. The molecule has 0 saturated carbocycles. The average molecular weight is 610 g/mol. The number of rotatable bonds is 18. The van der Waals surface area contributed by atoms with E-state index in [1.807, 2.05) is 30.3 Å². The van der Waals surface area contributed by atoms with Gasteiger partial charge in [-0.3, -0.25) is 19.2 Å². The number of ether oxygens (including phenoxy) is 2. The number of amides is 3. The summed E-state index contributed by atoms with van der Waals surface area (Å²) in [5.41, 5.74) is -0.339. The predicted molar refractivity (Wildman–Crippen MR) is 165 cm³/mol. The van der Waals surface area contributed by atoms with Crippen molar-refractivity contribution in [3.63, 3.8) is 0 Å². The van der Waals surface area contributed by atoms with Gasteiger partial charge in [0.2, 0.25) is 17.7 Å². The maximum Gasteiger partial charge on any atom is 0.306 e. The van der Waals surface area contributed by atoms with Gasteiger partial charge in [-0.25, -0.2) is 0 Å². The number of aliphatic hydroxyl groups excluding tert-OH is 1. The van der Waals surface area contributed by atoms with Gasteiger partial charge in [0.25, 0.3) is 0 Å². The zero-order valence-electron chi connectivity index (χ0n) is 25.8. The van der Waals surface area contributed by atoms with Crippen LogP contribution in [-0.2, 0) is 28.7 Å². The summed E-state index contributed by atoms with van der Waals surface area (Å²) in [6, 6.07) is 7.78. The Bertz CT molecular complexity index is 1190. The third kappa shape index (κ3) is 6.91. The van der Waals surface area contributed by atoms with E-state index in [0.717, 1.165) is 18.4 Å². The number of allylic oxidation sites excluding steroid dienone is 1. The number of unbranched alkanes of at least 4 members (excludes halogenated alkanes) is 2. The van der Waals surface area contributed by atoms with Gasteiger partial charge in [-0.1, -0.05) is 55.8 Å². The summed E-state index contributed by atoms with van der Waals surface area (Å²) in [6.07, 6.45) is 7.31. The molecule has 0 unspecified atom stereocenters. The van der Waals surface area contributed by atoms with Crippen molar-refractivity contribution in [2.24, 2.45) is 11.8 Å². The molecule has 0 aliphatic carbocycles. The quantitative estimate of drug-likeness (QED) is 0.149. The number of carbonyl (C=O) groups is 4. The van der Waals surface area contributed by atoms with Crippen molar-refractivity contribution in [3.05, 3.63) is 61.2 Å². The summed E-state index contributed by atoms with van der Waals surface area (Å²) >= 11 is 0. The van der Waals surface area contributed by atoms with Crippen LogP contribution in [0.15, 0.2) is 55.6 Å². The molecule has 3 amide bonds. The molecule has 240 valence electrons. The van der Waals surface area contributed by atoms with Crippen molar-refractivity contribution >= 4 is 23.7 Å². The Balaban J connectivity index is 1.61. The topological polar surface area (TPSA) is 125 Å². The number of benzene rings is 1. The fraction of sp³-hybridized carbons (Fsp3) is 0.588. The molecule has 3 aliphatic heterocycles. The molecule has 1 aromatic carbocycles. The average Bonchev–Trinajstić information content (AvgIpc) is 3.67. The van der Waals surface area contributed by atoms with Crippen LogP contribution in [0, 0.1) is 11.8 Å². The van der Waals surface area contributed by atoms with Crippen molar-refractivity contribution in [1.29, 1.82) is 0 Å². The van der Waals surface area contributed by atoms with Gasteiger partial charge in [0.15, 0.2) is 0 Å². The van der Waals surface area contributed by atoms with Gasteiger partial charge >= 0.3 is 5.97 Å². The van der Waals surface area contributed by atoms with Crippen molar-refractivity contribution in [2.45, 2.75) is 82.1 Å². The number of aliphatic hydroxyl groups is 1. The smallest absolute Gasteiger partial charge is 0.306 e. The van der Waals surface area contributed by atoms with Crippen LogP contribution < -0.4 is 5.32 Å². The summed E-state index contributed by atoms with van der Waals surface area (Å²) in [7, 11) is 0. The summed E-state index contributed by atoms with van der Waals surface area (Å²) in [4.78, 5) is 58.1. The highest BCUT2D eigenvalue weighted by Crippen LogP contribution is 2.58. The lowest BCUT2D eigenvalue weighted by atomic mass is 9.70. The van der Waals surface area contributed by atoms with E-state index in [4.69, 9.17) is 9.47 Å². The Hall–Kier alpha value is -3.50. The van der Waals surface area contributed by atoms with Gasteiger partial charge in [0, 0.05) is 32.7 Å². The molecular formula is C34H47N3O7. The lowest BCUT2D eigenvalue weighted by Crippen LogP contribution is -2.56. The molecule has 0 radical (unpaired) electrons. The van der Waals surface area contributed by atoms with Crippen LogP contribution in [0.1, 0.15) is 69.9 Å². The largest absolute Gasteiger partial charge is 0.463 e. The number of likely N-dealkylation sites (tertiary alicyclic amines) is 1. The number of fused-ring (bicyclic) bond motifs is 1. The molecule has 44 heavy (non-hydrogen) atoms. The molecule has 3 saturated heterocycles. The molecule has 1 aromatic rings. The van der Waals surface area contributed by atoms with Crippen LogP contribution in [0.25, 0.3) is 0 Å². The van der Waals surface area contributed by atoms with Gasteiger partial charge in [0.05, 0.1) is 24.0 Å². The van der Waals surface area contributed by atoms with E-state index in [0.29, 0.717) is 51.7 Å². The van der Waals surface area contributed by atoms with Crippen LogP contribution in [0.5, 0.6) is 0 Å². The lowest BCUT2D eigenvalue weighted by molar-refractivity contribution is -0.148. The summed E-state index contributed by atoms with van der Waals surface area (Å²) in [5.74, 6) is -2.80. The lowest BCUT2D eigenvalue weighted by Gasteiger charge is -2.37. The van der Waals surface area contributed by atoms with Crippen molar-refractivity contribution in [2.75, 3.05) is 32.8 Å². The highest BCUT2D eigenvalue weighted by molar-refractivity contribution is 5.99. The monoisotopic (exact) mass is 609 g/mol. The van der Waals surface area contributed by atoms with E-state index in [1.54, 1.807) is 22.0 Å². The van der Waals surface area contributed by atoms with Gasteiger partial charge in [-0.05, 0) is 44.1 Å². The number of carbonyl (C=O) groups excluding carboxylic acids is 4. The van der Waals surface area contributed by atoms with Crippen molar-refractivity contribution in [1.82, 2.24) is 15.1 Å². The van der Waals surface area contributed by atoms with Gasteiger partial charge in [-0.15, -0.1) is 13.2 Å². The van der Waals surface area contributed by atoms with E-state index in [9.17, 15) is 24.3 Å². The maximum absolute atomic E-state index is 14.2. The molecule has 0 aromatic heterocycles. The molecule has 2 N–H and O–H groups in total. The van der Waals surface area contributed by atoms with E-state index in [-0.39, 0.29) is 43.3 Å². The number of nitrogens with zero attached hydrogens (tertiary/aromatic N) is 2. The second-order valence-corrected chi connectivity index (χ2v) is 11.9. The Kier molecular flexibility index (Phi) is 11.7. The van der Waals surface area contributed by atoms with Crippen LogP contribution in [0.3, 0.4) is 0 Å². The maximum atomic E-state index is 14.2. The Morgan fingerprint density at radius 2 is 1.98 bits per heavy atom. The minimum Gasteiger partial charge on any atom is -0.463 e. The number of hydrogen-bond donors (Lipinski definition) is 2. The van der Waals surface area contributed by atoms with Crippen LogP contribution in [0.4, 0.5) is 0 Å². The summed E-state index contributed by atoms with van der Waals surface area (Å²) in [6.45, 7) is 10.6. The number of esters is 1. The predicted octanol–water partition coefficient (Wildman–Crippen LogP) is 3.32. The second kappa shape index (κ2) is 15.5. The standard InChI is InChI=1S/C34H47N3O7/c1-4-7-16-27(39)43-23-25(24-14-10-9-11-15-24)35-31(40)28-26-17-18-34(44-26)29(28)32(41)37(21-12-13-22-38)30(34)33(42)36(19-6-3)20-8-5-2/h4,6,9-11,14-15,25-26,28-30,38H,1,3,5,7-8,12-13,16-23H2,2H3,(H,35,40)/t25-,26+,28-,29-,30+,34-/m0/s1. The van der Waals surface area contributed by atoms with E-state index in [2.05, 4.69) is 25.4 Å². The first-order valence-corrected chi connectivity index (χ1v) is 15.9. The van der Waals surface area contributed by atoms with Gasteiger partial charge < -0.3 is 29.7 Å². The van der Waals surface area contributed by atoms with Gasteiger partial charge in [-0.2, -0.15) is 0 Å². The Morgan fingerprint density at radius 3 is 2.66 bits per heavy atom. The minimum atomic E-state index is -1.11. The molecule has 3 aliphatic rings. The molecule has 3 heterocycles. The third-order valence-corrected chi connectivity index (χ3v) is 9.07. The molecule has 3 fully saturated rings. The van der Waals surface area contributed by atoms with Crippen molar-refractivity contribution < 1.29 is 33.8 Å². The molecule has 2 bridgehead atoms. The summed E-state index contributed by atoms with van der Waals surface area (Å²) < 4.78 is 12.1. The van der Waals surface area contributed by atoms with E-state index < -0.39 is 35.6 Å². The Labute approximate surface area is 260 Å². The molecular weight excluding hydrogens is 562 g/mol. The number of nitrogens with one attached hydrogen (secondary N) is 1. The first kappa shape index (κ1) is 33.4. The molecule has 10 heteroatoms. The van der Waals surface area contributed by atoms with Gasteiger partial charge in [0.1, 0.15) is 18.2 Å². The van der Waals surface area contributed by atoms with Crippen LogP contribution in [0.2, 0.25) is 0 Å². The highest BCUT2D eigenvalue weighted by atomic mass is 16.5. The first-order valence-electron chi connectivity index (χ1n) is 15.9. The molecule has 6 atom stereocenters. The third-order valence-electron chi connectivity index (χ3n) is 9.07. The fourth-order valence-corrected chi connectivity index (χ4v) is 6.98. The van der Waals surface area contributed by atoms with Crippen LogP contribution in [-0.4, -0.2) is 89.2 Å². The highest BCUT2D eigenvalue weighted by Gasteiger charge is 2.74. The number of hydrogen-bond acceptors (Lipinski definition) is 7. The first-order chi connectivity index (χ1) is 21.3. The minimum absolute atomic E-state index is 0.0169.